The second-order valence-electron chi connectivity index (χ2n) is 2.50. The number of carbonyl (C=O) groups excluding carboxylic acids is 1. The zero-order valence-corrected chi connectivity index (χ0v) is 7.94. The number of methoxy groups -OCH3 is 1. The van der Waals surface area contributed by atoms with Gasteiger partial charge in [0.1, 0.15) is 18.8 Å². The van der Waals surface area contributed by atoms with Gasteiger partial charge in [-0.3, -0.25) is 0 Å². The van der Waals surface area contributed by atoms with Crippen LogP contribution in [-0.2, 0) is 14.2 Å². The summed E-state index contributed by atoms with van der Waals surface area (Å²) in [5, 5.41) is 7.96. The molecule has 0 amide bonds. The highest BCUT2D eigenvalue weighted by Gasteiger charge is 2.19. The van der Waals surface area contributed by atoms with Gasteiger partial charge in [0.2, 0.25) is 0 Å². The van der Waals surface area contributed by atoms with Gasteiger partial charge in [-0.25, -0.2) is 4.79 Å². The number of cyclic esters (lactones) is 2. The first-order valence-electron chi connectivity index (χ1n) is 3.86. The maximum Gasteiger partial charge on any atom is 0.508 e. The van der Waals surface area contributed by atoms with Gasteiger partial charge in [0, 0.05) is 7.11 Å². The van der Waals surface area contributed by atoms with Crippen LogP contribution in [0.25, 0.3) is 0 Å². The molecule has 1 saturated heterocycles. The minimum atomic E-state index is -0.549. The molecular formula is C8H13NO4. The first-order valence-corrected chi connectivity index (χ1v) is 3.86. The predicted octanol–water partition coefficient (Wildman–Crippen LogP) is 1.09. The number of nitriles is 1. The molecule has 1 aliphatic heterocycles. The summed E-state index contributed by atoms with van der Waals surface area (Å²) in [5.74, 6) is 0. The average Bonchev–Trinajstić information content (AvgIpc) is 2.49. The van der Waals surface area contributed by atoms with E-state index >= 15 is 0 Å². The molecule has 0 radical (unpaired) electrons. The van der Waals surface area contributed by atoms with E-state index in [0.29, 0.717) is 6.61 Å². The summed E-state index contributed by atoms with van der Waals surface area (Å²) in [6.45, 7) is 3.88. The molecule has 5 nitrogen and oxygen atoms in total. The molecule has 0 aromatic carbocycles. The zero-order chi connectivity index (χ0) is 10.3. The van der Waals surface area contributed by atoms with Crippen LogP contribution in [0.15, 0.2) is 0 Å². The largest absolute Gasteiger partial charge is 0.508 e. The Labute approximate surface area is 77.2 Å². The Hall–Kier alpha value is -1.28. The van der Waals surface area contributed by atoms with Crippen LogP contribution in [0.5, 0.6) is 0 Å². The number of hydrogen-bond donors (Lipinski definition) is 0. The van der Waals surface area contributed by atoms with Gasteiger partial charge < -0.3 is 14.2 Å². The van der Waals surface area contributed by atoms with E-state index in [1.807, 2.05) is 6.07 Å². The Morgan fingerprint density at radius 2 is 2.38 bits per heavy atom. The van der Waals surface area contributed by atoms with Crippen molar-refractivity contribution in [1.82, 2.24) is 0 Å². The van der Waals surface area contributed by atoms with Gasteiger partial charge in [-0.15, -0.1) is 0 Å². The summed E-state index contributed by atoms with van der Waals surface area (Å²) < 4.78 is 13.4. The minimum Gasteiger partial charge on any atom is -0.430 e. The molecular weight excluding hydrogens is 174 g/mol. The van der Waals surface area contributed by atoms with E-state index in [-0.39, 0.29) is 12.2 Å². The molecule has 0 aromatic rings. The lowest BCUT2D eigenvalue weighted by molar-refractivity contribution is 0.121. The van der Waals surface area contributed by atoms with Crippen LogP contribution in [-0.4, -0.2) is 32.1 Å². The fourth-order valence-electron chi connectivity index (χ4n) is 0.470. The molecule has 0 N–H and O–H groups in total. The summed E-state index contributed by atoms with van der Waals surface area (Å²) in [4.78, 5) is 10.0. The monoisotopic (exact) mass is 187 g/mol. The highest BCUT2D eigenvalue weighted by molar-refractivity contribution is 5.61. The van der Waals surface area contributed by atoms with Crippen molar-refractivity contribution in [3.63, 3.8) is 0 Å². The summed E-state index contributed by atoms with van der Waals surface area (Å²) in [5.41, 5.74) is 0. The summed E-state index contributed by atoms with van der Waals surface area (Å²) in [6.07, 6.45) is -0.856. The van der Waals surface area contributed by atoms with Crippen molar-refractivity contribution in [2.45, 2.75) is 26.1 Å². The summed E-state index contributed by atoms with van der Waals surface area (Å²) in [6, 6.07) is 1.89. The number of ether oxygens (including phenoxy) is 3. The lowest BCUT2D eigenvalue weighted by atomic mass is 10.5. The molecule has 1 rings (SSSR count). The van der Waals surface area contributed by atoms with E-state index in [1.165, 1.54) is 7.11 Å². The van der Waals surface area contributed by atoms with E-state index in [4.69, 9.17) is 5.26 Å². The highest BCUT2D eigenvalue weighted by atomic mass is 16.8. The van der Waals surface area contributed by atoms with Crippen LogP contribution in [0.2, 0.25) is 0 Å². The normalized spacial score (nSPS) is 21.7. The lowest BCUT2D eigenvalue weighted by Crippen LogP contribution is -2.01. The molecule has 0 bridgehead atoms. The molecule has 1 heterocycles. The molecule has 0 aliphatic carbocycles. The van der Waals surface area contributed by atoms with Crippen LogP contribution < -0.4 is 0 Å². The van der Waals surface area contributed by atoms with Crippen molar-refractivity contribution in [2.24, 2.45) is 0 Å². The Morgan fingerprint density at radius 3 is 2.46 bits per heavy atom. The van der Waals surface area contributed by atoms with Gasteiger partial charge in [0.15, 0.2) is 0 Å². The number of carbonyl (C=O) groups is 1. The van der Waals surface area contributed by atoms with Gasteiger partial charge in [0.05, 0.1) is 6.07 Å². The van der Waals surface area contributed by atoms with Gasteiger partial charge in [-0.05, 0) is 13.8 Å². The fraction of sp³-hybridized carbons (Fsp3) is 0.750. The number of hydrogen-bond acceptors (Lipinski definition) is 5. The van der Waals surface area contributed by atoms with E-state index in [0.717, 1.165) is 0 Å². The van der Waals surface area contributed by atoms with Crippen molar-refractivity contribution in [2.75, 3.05) is 13.7 Å². The molecule has 5 heteroatoms. The van der Waals surface area contributed by atoms with Crippen molar-refractivity contribution in [1.29, 1.82) is 5.26 Å². The molecule has 2 unspecified atom stereocenters. The molecule has 0 aromatic heterocycles. The van der Waals surface area contributed by atoms with Crippen LogP contribution in [0.1, 0.15) is 13.8 Å². The highest BCUT2D eigenvalue weighted by Crippen LogP contribution is 2.02. The van der Waals surface area contributed by atoms with E-state index in [1.54, 1.807) is 13.8 Å². The molecule has 0 spiro atoms. The van der Waals surface area contributed by atoms with Crippen LogP contribution >= 0.6 is 0 Å². The van der Waals surface area contributed by atoms with Crippen molar-refractivity contribution >= 4 is 6.16 Å². The smallest absolute Gasteiger partial charge is 0.430 e. The van der Waals surface area contributed by atoms with Gasteiger partial charge >= 0.3 is 6.16 Å². The maximum atomic E-state index is 10.0. The standard InChI is InChI=1S/C4H7NO.C4H6O3/c1-4(3-5)6-2;1-3-2-6-4(5)7-3/h4H,1-2H3;3H,2H2,1H3. The first kappa shape index (κ1) is 11.7. The second-order valence-corrected chi connectivity index (χ2v) is 2.50. The summed E-state index contributed by atoms with van der Waals surface area (Å²) in [7, 11) is 1.51. The van der Waals surface area contributed by atoms with E-state index < -0.39 is 6.16 Å². The van der Waals surface area contributed by atoms with Crippen LogP contribution in [0.3, 0.4) is 0 Å². The zero-order valence-electron chi connectivity index (χ0n) is 7.94. The third-order valence-electron chi connectivity index (χ3n) is 1.27. The average molecular weight is 187 g/mol. The Bertz CT molecular complexity index is 199. The Kier molecular flexibility index (Phi) is 5.64. The number of nitrogens with zero attached hydrogens (tertiary/aromatic N) is 1. The quantitative estimate of drug-likeness (QED) is 0.574. The third-order valence-corrected chi connectivity index (χ3v) is 1.27. The van der Waals surface area contributed by atoms with Gasteiger partial charge in [-0.2, -0.15) is 5.26 Å². The van der Waals surface area contributed by atoms with Crippen LogP contribution in [0, 0.1) is 11.3 Å². The SMILES string of the molecule is CC1COC(=O)O1.COC(C)C#N. The Morgan fingerprint density at radius 1 is 1.77 bits per heavy atom. The second kappa shape index (κ2) is 6.26. The van der Waals surface area contributed by atoms with E-state index in [9.17, 15) is 4.79 Å². The first-order chi connectivity index (χ1) is 6.10. The van der Waals surface area contributed by atoms with Crippen molar-refractivity contribution in [3.05, 3.63) is 0 Å². The summed E-state index contributed by atoms with van der Waals surface area (Å²) >= 11 is 0. The minimum absolute atomic E-state index is 0.0486. The topological polar surface area (TPSA) is 68.6 Å². The van der Waals surface area contributed by atoms with Gasteiger partial charge in [-0.1, -0.05) is 0 Å². The van der Waals surface area contributed by atoms with Gasteiger partial charge in [0.25, 0.3) is 0 Å². The molecule has 1 aliphatic rings. The molecule has 0 saturated carbocycles. The molecule has 1 fully saturated rings. The number of rotatable bonds is 1. The van der Waals surface area contributed by atoms with E-state index in [2.05, 4.69) is 14.2 Å². The maximum absolute atomic E-state index is 10.0. The Balaban J connectivity index is 0.000000226. The van der Waals surface area contributed by atoms with Crippen LogP contribution in [0.4, 0.5) is 4.79 Å². The molecule has 2 atom stereocenters. The molecule has 74 valence electrons. The van der Waals surface area contributed by atoms with Crippen molar-refractivity contribution < 1.29 is 19.0 Å². The van der Waals surface area contributed by atoms with Crippen molar-refractivity contribution in [3.8, 4) is 6.07 Å². The predicted molar refractivity (Wildman–Crippen MR) is 44.0 cm³/mol. The lowest BCUT2D eigenvalue weighted by Gasteiger charge is -1.91. The fourth-order valence-corrected chi connectivity index (χ4v) is 0.470. The molecule has 13 heavy (non-hydrogen) atoms. The third kappa shape index (κ3) is 5.93.